The van der Waals surface area contributed by atoms with E-state index >= 15 is 0 Å². The number of rotatable bonds is 8. The highest BCUT2D eigenvalue weighted by molar-refractivity contribution is 5.51. The van der Waals surface area contributed by atoms with Crippen LogP contribution in [0, 0.1) is 0 Å². The molecule has 31 heavy (non-hydrogen) atoms. The first kappa shape index (κ1) is 22.3. The van der Waals surface area contributed by atoms with Gasteiger partial charge >= 0.3 is 0 Å². The molecule has 0 radical (unpaired) electrons. The van der Waals surface area contributed by atoms with Crippen LogP contribution in [0.15, 0.2) is 24.3 Å². The molecule has 1 aromatic carbocycles. The Bertz CT molecular complexity index is 821. The van der Waals surface area contributed by atoms with Crippen molar-refractivity contribution in [2.75, 3.05) is 57.5 Å². The number of aromatic nitrogens is 2. The number of morpholine rings is 2. The topological polar surface area (TPSA) is 54.8 Å². The van der Waals surface area contributed by atoms with Crippen LogP contribution in [0.1, 0.15) is 42.1 Å². The number of nitrogens with one attached hydrogen (secondary N) is 1. The van der Waals surface area contributed by atoms with Crippen molar-refractivity contribution in [2.24, 2.45) is 7.05 Å². The summed E-state index contributed by atoms with van der Waals surface area (Å²) in [6, 6.07) is 9.01. The lowest BCUT2D eigenvalue weighted by Crippen LogP contribution is -2.38. The van der Waals surface area contributed by atoms with Crippen LogP contribution in [0.2, 0.25) is 0 Å². The first-order chi connectivity index (χ1) is 15.1. The molecule has 4 rings (SSSR count). The number of nitrogens with zero attached hydrogens (tertiary/aromatic N) is 4. The monoisotopic (exact) mass is 427 g/mol. The third-order valence-electron chi connectivity index (χ3n) is 6.16. The van der Waals surface area contributed by atoms with Gasteiger partial charge < -0.3 is 19.7 Å². The molecule has 0 amide bonds. The smallest absolute Gasteiger partial charge is 0.131 e. The van der Waals surface area contributed by atoms with Crippen molar-refractivity contribution < 1.29 is 9.47 Å². The van der Waals surface area contributed by atoms with E-state index in [2.05, 4.69) is 65.0 Å². The molecule has 1 N–H and O–H groups in total. The van der Waals surface area contributed by atoms with Crippen LogP contribution in [-0.4, -0.2) is 67.3 Å². The Morgan fingerprint density at radius 1 is 0.903 bits per heavy atom. The molecule has 0 aliphatic carbocycles. The fourth-order valence-corrected chi connectivity index (χ4v) is 4.50. The van der Waals surface area contributed by atoms with Crippen molar-refractivity contribution in [1.82, 2.24) is 20.0 Å². The molecule has 2 aliphatic heterocycles. The molecule has 7 heteroatoms. The van der Waals surface area contributed by atoms with Gasteiger partial charge in [-0.2, -0.15) is 5.10 Å². The number of hydrogen-bond donors (Lipinski definition) is 1. The lowest BCUT2D eigenvalue weighted by Gasteiger charge is -2.29. The highest BCUT2D eigenvalue weighted by Crippen LogP contribution is 2.29. The lowest BCUT2D eigenvalue weighted by atomic mass is 10.0. The predicted octanol–water partition coefficient (Wildman–Crippen LogP) is 2.50. The number of ether oxygens (including phenoxy) is 2. The Morgan fingerprint density at radius 2 is 1.52 bits per heavy atom. The van der Waals surface area contributed by atoms with Crippen LogP contribution in [-0.2, 0) is 36.2 Å². The molecule has 170 valence electrons. The van der Waals surface area contributed by atoms with Crippen molar-refractivity contribution in [2.45, 2.75) is 39.4 Å². The van der Waals surface area contributed by atoms with Crippen molar-refractivity contribution in [3.05, 3.63) is 46.6 Å². The van der Waals surface area contributed by atoms with Gasteiger partial charge in [-0.3, -0.25) is 9.58 Å². The third kappa shape index (κ3) is 5.66. The van der Waals surface area contributed by atoms with Gasteiger partial charge in [0.2, 0.25) is 0 Å². The third-order valence-corrected chi connectivity index (χ3v) is 6.16. The van der Waals surface area contributed by atoms with Crippen LogP contribution in [0.25, 0.3) is 0 Å². The molecule has 0 atom stereocenters. The van der Waals surface area contributed by atoms with Crippen LogP contribution < -0.4 is 10.2 Å². The Balaban J connectivity index is 1.37. The Labute approximate surface area is 186 Å². The van der Waals surface area contributed by atoms with E-state index in [1.165, 1.54) is 28.2 Å². The van der Waals surface area contributed by atoms with Crippen LogP contribution in [0.5, 0.6) is 0 Å². The largest absolute Gasteiger partial charge is 0.379 e. The summed E-state index contributed by atoms with van der Waals surface area (Å²) in [5.41, 5.74) is 5.20. The lowest BCUT2D eigenvalue weighted by molar-refractivity contribution is 0.0342. The highest BCUT2D eigenvalue weighted by Gasteiger charge is 2.24. The molecular weight excluding hydrogens is 390 g/mol. The molecule has 2 saturated heterocycles. The standard InChI is InChI=1S/C24H37N5O2/c1-19(2)23-22(24(27(3)26-23)29-10-14-31-15-11-29)17-25-16-20-4-6-21(7-5-20)18-28-8-12-30-13-9-28/h4-7,19,25H,8-18H2,1-3H3. The van der Waals surface area contributed by atoms with Gasteiger partial charge in [0.05, 0.1) is 32.1 Å². The number of aryl methyl sites for hydroxylation is 1. The summed E-state index contributed by atoms with van der Waals surface area (Å²) in [6.07, 6.45) is 0. The fraction of sp³-hybridized carbons (Fsp3) is 0.625. The van der Waals surface area contributed by atoms with Crippen LogP contribution in [0.3, 0.4) is 0 Å². The van der Waals surface area contributed by atoms with E-state index in [0.29, 0.717) is 5.92 Å². The van der Waals surface area contributed by atoms with E-state index in [-0.39, 0.29) is 0 Å². The molecule has 3 heterocycles. The molecule has 0 unspecified atom stereocenters. The van der Waals surface area contributed by atoms with E-state index < -0.39 is 0 Å². The zero-order valence-electron chi connectivity index (χ0n) is 19.3. The summed E-state index contributed by atoms with van der Waals surface area (Å²) in [6.45, 7) is 14.3. The molecule has 0 spiro atoms. The van der Waals surface area contributed by atoms with E-state index in [9.17, 15) is 0 Å². The number of benzene rings is 1. The first-order valence-electron chi connectivity index (χ1n) is 11.6. The minimum Gasteiger partial charge on any atom is -0.379 e. The first-order valence-corrected chi connectivity index (χ1v) is 11.6. The Hall–Kier alpha value is -1.93. The van der Waals surface area contributed by atoms with Crippen molar-refractivity contribution in [3.8, 4) is 0 Å². The average molecular weight is 428 g/mol. The van der Waals surface area contributed by atoms with Crippen LogP contribution in [0.4, 0.5) is 5.82 Å². The second-order valence-electron chi connectivity index (χ2n) is 8.87. The van der Waals surface area contributed by atoms with E-state index in [1.54, 1.807) is 0 Å². The molecule has 7 nitrogen and oxygen atoms in total. The molecule has 2 aromatic rings. The summed E-state index contributed by atoms with van der Waals surface area (Å²) < 4.78 is 13.1. The van der Waals surface area contributed by atoms with Gasteiger partial charge in [-0.25, -0.2) is 0 Å². The minimum atomic E-state index is 0.400. The molecular formula is C24H37N5O2. The van der Waals surface area contributed by atoms with Gasteiger partial charge in [0.15, 0.2) is 0 Å². The van der Waals surface area contributed by atoms with Gasteiger partial charge in [0.1, 0.15) is 5.82 Å². The normalized spacial score (nSPS) is 18.1. The minimum absolute atomic E-state index is 0.400. The second kappa shape index (κ2) is 10.6. The van der Waals surface area contributed by atoms with Crippen molar-refractivity contribution >= 4 is 5.82 Å². The molecule has 2 aliphatic rings. The summed E-state index contributed by atoms with van der Waals surface area (Å²) in [5, 5.41) is 8.53. The maximum atomic E-state index is 5.56. The maximum Gasteiger partial charge on any atom is 0.131 e. The van der Waals surface area contributed by atoms with Crippen LogP contribution >= 0.6 is 0 Å². The average Bonchev–Trinajstić information content (AvgIpc) is 3.12. The highest BCUT2D eigenvalue weighted by atomic mass is 16.5. The molecule has 1 aromatic heterocycles. The quantitative estimate of drug-likeness (QED) is 0.699. The van der Waals surface area contributed by atoms with Crippen molar-refractivity contribution in [1.29, 1.82) is 0 Å². The van der Waals surface area contributed by atoms with Gasteiger partial charge in [0, 0.05) is 58.4 Å². The van der Waals surface area contributed by atoms with E-state index in [1.807, 2.05) is 0 Å². The Morgan fingerprint density at radius 3 is 2.16 bits per heavy atom. The SMILES string of the molecule is CC(C)c1nn(C)c(N2CCOCC2)c1CNCc1ccc(CN2CCOCC2)cc1. The summed E-state index contributed by atoms with van der Waals surface area (Å²) >= 11 is 0. The molecule has 0 saturated carbocycles. The predicted molar refractivity (Wildman–Crippen MR) is 123 cm³/mol. The maximum absolute atomic E-state index is 5.56. The molecule has 0 bridgehead atoms. The second-order valence-corrected chi connectivity index (χ2v) is 8.87. The summed E-state index contributed by atoms with van der Waals surface area (Å²) in [4.78, 5) is 4.87. The van der Waals surface area contributed by atoms with Gasteiger partial charge in [0.25, 0.3) is 0 Å². The van der Waals surface area contributed by atoms with E-state index in [4.69, 9.17) is 14.6 Å². The van der Waals surface area contributed by atoms with Crippen molar-refractivity contribution in [3.63, 3.8) is 0 Å². The summed E-state index contributed by atoms with van der Waals surface area (Å²) in [7, 11) is 2.06. The number of anilines is 1. The van der Waals surface area contributed by atoms with E-state index in [0.717, 1.165) is 72.2 Å². The zero-order chi connectivity index (χ0) is 21.6. The Kier molecular flexibility index (Phi) is 7.61. The summed E-state index contributed by atoms with van der Waals surface area (Å²) in [5.74, 6) is 1.64. The zero-order valence-corrected chi connectivity index (χ0v) is 19.3. The fourth-order valence-electron chi connectivity index (χ4n) is 4.50. The van der Waals surface area contributed by atoms with Gasteiger partial charge in [-0.15, -0.1) is 0 Å². The molecule has 2 fully saturated rings. The van der Waals surface area contributed by atoms with Gasteiger partial charge in [-0.1, -0.05) is 38.1 Å². The number of hydrogen-bond acceptors (Lipinski definition) is 6. The van der Waals surface area contributed by atoms with Gasteiger partial charge in [-0.05, 0) is 17.0 Å².